The third-order valence-corrected chi connectivity index (χ3v) is 2.42. The molecular weight excluding hydrogens is 212 g/mol. The van der Waals surface area contributed by atoms with Crippen molar-refractivity contribution >= 4 is 28.3 Å². The molecular formula is C11H7ClN2O. The number of carbonyl (C=O) groups is 1. The van der Waals surface area contributed by atoms with E-state index in [-0.39, 0.29) is 12.2 Å². The second-order valence-corrected chi connectivity index (χ2v) is 3.59. The van der Waals surface area contributed by atoms with Gasteiger partial charge in [-0.3, -0.25) is 4.79 Å². The molecule has 0 fully saturated rings. The second-order valence-electron chi connectivity index (χ2n) is 3.15. The lowest BCUT2D eigenvalue weighted by Crippen LogP contribution is -1.95. The minimum absolute atomic E-state index is 0.112. The molecule has 74 valence electrons. The second kappa shape index (κ2) is 3.76. The van der Waals surface area contributed by atoms with E-state index < -0.39 is 0 Å². The van der Waals surface area contributed by atoms with Crippen LogP contribution in [0.3, 0.4) is 0 Å². The van der Waals surface area contributed by atoms with Gasteiger partial charge < -0.3 is 4.98 Å². The maximum absolute atomic E-state index is 11.5. The lowest BCUT2D eigenvalue weighted by molar-refractivity contribution is 0.0999. The molecule has 1 aromatic heterocycles. The van der Waals surface area contributed by atoms with Gasteiger partial charge >= 0.3 is 0 Å². The molecule has 15 heavy (non-hydrogen) atoms. The lowest BCUT2D eigenvalue weighted by atomic mass is 10.1. The fraction of sp³-hybridized carbons (Fsp3) is 0.0909. The molecule has 0 bridgehead atoms. The van der Waals surface area contributed by atoms with E-state index in [1.165, 1.54) is 0 Å². The Morgan fingerprint density at radius 3 is 3.07 bits per heavy atom. The van der Waals surface area contributed by atoms with Crippen LogP contribution in [-0.4, -0.2) is 10.8 Å². The highest BCUT2D eigenvalue weighted by Crippen LogP contribution is 2.23. The van der Waals surface area contributed by atoms with E-state index in [1.807, 2.05) is 6.07 Å². The van der Waals surface area contributed by atoms with Crippen molar-refractivity contribution in [3.05, 3.63) is 35.0 Å². The molecule has 0 aliphatic carbocycles. The minimum Gasteiger partial charge on any atom is -0.360 e. The van der Waals surface area contributed by atoms with Crippen molar-refractivity contribution in [2.45, 2.75) is 6.42 Å². The van der Waals surface area contributed by atoms with Crippen LogP contribution in [0.15, 0.2) is 24.4 Å². The Hall–Kier alpha value is -1.79. The number of aromatic nitrogens is 1. The van der Waals surface area contributed by atoms with E-state index in [1.54, 1.807) is 24.4 Å². The van der Waals surface area contributed by atoms with Gasteiger partial charge in [0.25, 0.3) is 0 Å². The van der Waals surface area contributed by atoms with Crippen molar-refractivity contribution in [2.24, 2.45) is 0 Å². The van der Waals surface area contributed by atoms with Crippen molar-refractivity contribution in [1.29, 1.82) is 5.26 Å². The van der Waals surface area contributed by atoms with Crippen molar-refractivity contribution in [1.82, 2.24) is 4.98 Å². The number of rotatable bonds is 2. The Kier molecular flexibility index (Phi) is 2.44. The zero-order valence-corrected chi connectivity index (χ0v) is 8.51. The highest BCUT2D eigenvalue weighted by molar-refractivity contribution is 6.31. The van der Waals surface area contributed by atoms with Crippen LogP contribution >= 0.6 is 11.6 Å². The van der Waals surface area contributed by atoms with Crippen LogP contribution in [0, 0.1) is 11.3 Å². The van der Waals surface area contributed by atoms with E-state index in [0.717, 1.165) is 10.9 Å². The fourth-order valence-electron chi connectivity index (χ4n) is 1.49. The van der Waals surface area contributed by atoms with Crippen LogP contribution in [0.2, 0.25) is 5.02 Å². The summed E-state index contributed by atoms with van der Waals surface area (Å²) in [7, 11) is 0. The van der Waals surface area contributed by atoms with Gasteiger partial charge in [-0.25, -0.2) is 0 Å². The molecule has 1 N–H and O–H groups in total. The van der Waals surface area contributed by atoms with Crippen molar-refractivity contribution < 1.29 is 4.79 Å². The van der Waals surface area contributed by atoms with Crippen molar-refractivity contribution in [3.8, 4) is 6.07 Å². The van der Waals surface area contributed by atoms with Gasteiger partial charge in [0, 0.05) is 27.7 Å². The summed E-state index contributed by atoms with van der Waals surface area (Å²) >= 11 is 5.84. The number of Topliss-reactive ketones (excluding diaryl/α,β-unsaturated/α-hetero) is 1. The first-order valence-corrected chi connectivity index (χ1v) is 4.77. The largest absolute Gasteiger partial charge is 0.360 e. The van der Waals surface area contributed by atoms with Gasteiger partial charge in [0.1, 0.15) is 0 Å². The molecule has 0 atom stereocenters. The molecule has 4 heteroatoms. The van der Waals surface area contributed by atoms with E-state index >= 15 is 0 Å². The molecule has 0 radical (unpaired) electrons. The summed E-state index contributed by atoms with van der Waals surface area (Å²) in [6.45, 7) is 0. The van der Waals surface area contributed by atoms with E-state index in [2.05, 4.69) is 4.98 Å². The van der Waals surface area contributed by atoms with Crippen LogP contribution in [0.4, 0.5) is 0 Å². The SMILES string of the molecule is N#CCC(=O)c1c[nH]c2ccc(Cl)cc12. The van der Waals surface area contributed by atoms with Gasteiger partial charge in [0.05, 0.1) is 12.5 Å². The molecule has 2 aromatic rings. The van der Waals surface area contributed by atoms with Crippen molar-refractivity contribution in [3.63, 3.8) is 0 Å². The Morgan fingerprint density at radius 1 is 1.53 bits per heavy atom. The molecule has 0 aliphatic rings. The normalized spacial score (nSPS) is 10.1. The average molecular weight is 219 g/mol. The van der Waals surface area contributed by atoms with Gasteiger partial charge in [-0.15, -0.1) is 0 Å². The number of hydrogen-bond donors (Lipinski definition) is 1. The zero-order valence-electron chi connectivity index (χ0n) is 7.75. The first kappa shape index (κ1) is 9.75. The number of benzene rings is 1. The average Bonchev–Trinajstić information content (AvgIpc) is 2.60. The third-order valence-electron chi connectivity index (χ3n) is 2.18. The molecule has 1 aromatic carbocycles. The van der Waals surface area contributed by atoms with Crippen LogP contribution < -0.4 is 0 Å². The Balaban J connectivity index is 2.58. The molecule has 0 spiro atoms. The Morgan fingerprint density at radius 2 is 2.33 bits per heavy atom. The Bertz CT molecular complexity index is 565. The molecule has 0 amide bonds. The summed E-state index contributed by atoms with van der Waals surface area (Å²) in [5.74, 6) is -0.189. The summed E-state index contributed by atoms with van der Waals surface area (Å²) in [5.41, 5.74) is 1.37. The molecule has 0 aliphatic heterocycles. The third kappa shape index (κ3) is 1.72. The van der Waals surface area contributed by atoms with Crippen LogP contribution in [0.5, 0.6) is 0 Å². The number of carbonyl (C=O) groups excluding carboxylic acids is 1. The number of fused-ring (bicyclic) bond motifs is 1. The smallest absolute Gasteiger partial charge is 0.179 e. The molecule has 2 rings (SSSR count). The van der Waals surface area contributed by atoms with Gasteiger partial charge in [-0.1, -0.05) is 11.6 Å². The quantitative estimate of drug-likeness (QED) is 0.788. The number of aromatic amines is 1. The number of ketones is 1. The first-order chi connectivity index (χ1) is 7.22. The standard InChI is InChI=1S/C11H7ClN2O/c12-7-1-2-10-8(5-7)9(6-14-10)11(15)3-4-13/h1-2,5-6,14H,3H2. The van der Waals surface area contributed by atoms with E-state index in [0.29, 0.717) is 10.6 Å². The summed E-state index contributed by atoms with van der Waals surface area (Å²) < 4.78 is 0. The van der Waals surface area contributed by atoms with Crippen LogP contribution in [0.1, 0.15) is 16.8 Å². The van der Waals surface area contributed by atoms with Gasteiger partial charge in [0.15, 0.2) is 5.78 Å². The van der Waals surface area contributed by atoms with Gasteiger partial charge in [-0.2, -0.15) is 5.26 Å². The molecule has 0 saturated heterocycles. The van der Waals surface area contributed by atoms with Crippen molar-refractivity contribution in [2.75, 3.05) is 0 Å². The number of nitrogens with one attached hydrogen (secondary N) is 1. The number of hydrogen-bond acceptors (Lipinski definition) is 2. The summed E-state index contributed by atoms with van der Waals surface area (Å²) in [5, 5.41) is 9.80. The summed E-state index contributed by atoms with van der Waals surface area (Å²) in [6.07, 6.45) is 1.50. The number of nitriles is 1. The zero-order chi connectivity index (χ0) is 10.8. The number of halogens is 1. The maximum Gasteiger partial charge on any atom is 0.179 e. The first-order valence-electron chi connectivity index (χ1n) is 4.39. The lowest BCUT2D eigenvalue weighted by Gasteiger charge is -1.94. The minimum atomic E-state index is -0.189. The maximum atomic E-state index is 11.5. The molecule has 1 heterocycles. The Labute approximate surface area is 91.3 Å². The monoisotopic (exact) mass is 218 g/mol. The van der Waals surface area contributed by atoms with E-state index in [4.69, 9.17) is 16.9 Å². The molecule has 3 nitrogen and oxygen atoms in total. The van der Waals surface area contributed by atoms with Crippen LogP contribution in [-0.2, 0) is 0 Å². The highest BCUT2D eigenvalue weighted by atomic mass is 35.5. The molecule has 0 unspecified atom stereocenters. The highest BCUT2D eigenvalue weighted by Gasteiger charge is 2.11. The van der Waals surface area contributed by atoms with Gasteiger partial charge in [0.2, 0.25) is 0 Å². The summed E-state index contributed by atoms with van der Waals surface area (Å²) in [6, 6.07) is 7.11. The number of H-pyrrole nitrogens is 1. The predicted octanol–water partition coefficient (Wildman–Crippen LogP) is 2.92. The molecule has 0 saturated carbocycles. The predicted molar refractivity (Wildman–Crippen MR) is 57.9 cm³/mol. The van der Waals surface area contributed by atoms with Gasteiger partial charge in [-0.05, 0) is 18.2 Å². The topological polar surface area (TPSA) is 56.6 Å². The van der Waals surface area contributed by atoms with Crippen LogP contribution in [0.25, 0.3) is 10.9 Å². The summed E-state index contributed by atoms with van der Waals surface area (Å²) in [4.78, 5) is 14.5. The fourth-order valence-corrected chi connectivity index (χ4v) is 1.66. The number of nitrogens with zero attached hydrogens (tertiary/aromatic N) is 1. The van der Waals surface area contributed by atoms with E-state index in [9.17, 15) is 4.79 Å².